The van der Waals surface area contributed by atoms with Crippen molar-refractivity contribution < 1.29 is 14.3 Å². The molecule has 3 rings (SSSR count). The minimum atomic E-state index is -0.785. The lowest BCUT2D eigenvalue weighted by Crippen LogP contribution is -2.51. The molecule has 0 bridgehead atoms. The van der Waals surface area contributed by atoms with E-state index in [0.29, 0.717) is 18.5 Å². The number of benzene rings is 1. The summed E-state index contributed by atoms with van der Waals surface area (Å²) < 4.78 is 5.57. The summed E-state index contributed by atoms with van der Waals surface area (Å²) in [7, 11) is 1.59. The molecule has 1 heterocycles. The Kier molecular flexibility index (Phi) is 8.07. The summed E-state index contributed by atoms with van der Waals surface area (Å²) in [6.45, 7) is 1.53. The van der Waals surface area contributed by atoms with Crippen LogP contribution in [0.1, 0.15) is 44.9 Å². The van der Waals surface area contributed by atoms with Crippen LogP contribution in [0, 0.1) is 5.92 Å². The summed E-state index contributed by atoms with van der Waals surface area (Å²) in [6, 6.07) is 7.34. The van der Waals surface area contributed by atoms with Gasteiger partial charge in [-0.2, -0.15) is 0 Å². The summed E-state index contributed by atoms with van der Waals surface area (Å²) in [5, 5.41) is 9.20. The first kappa shape index (κ1) is 21.7. The second-order valence-electron chi connectivity index (χ2n) is 7.31. The lowest BCUT2D eigenvalue weighted by molar-refractivity contribution is -0.140. The van der Waals surface area contributed by atoms with Gasteiger partial charge < -0.3 is 20.7 Å². The molecule has 1 saturated heterocycles. The van der Waals surface area contributed by atoms with Crippen LogP contribution in [0.25, 0.3) is 0 Å². The van der Waals surface area contributed by atoms with Crippen LogP contribution in [0.3, 0.4) is 0 Å². The highest BCUT2D eigenvalue weighted by Gasteiger charge is 2.39. The summed E-state index contributed by atoms with van der Waals surface area (Å²) in [4.78, 5) is 25.2. The molecule has 27 heavy (non-hydrogen) atoms. The number of anilines is 2. The maximum atomic E-state index is 12.8. The predicted molar refractivity (Wildman–Crippen MR) is 109 cm³/mol. The number of rotatable bonds is 5. The van der Waals surface area contributed by atoms with Crippen molar-refractivity contribution >= 4 is 35.6 Å². The minimum absolute atomic E-state index is 0. The fourth-order valence-electron chi connectivity index (χ4n) is 3.88. The molecule has 150 valence electrons. The first-order chi connectivity index (χ1) is 12.6. The Morgan fingerprint density at radius 3 is 2.33 bits per heavy atom. The highest BCUT2D eigenvalue weighted by molar-refractivity contribution is 5.98. The molecule has 6 nitrogen and oxygen atoms in total. The molecule has 0 spiro atoms. The van der Waals surface area contributed by atoms with E-state index in [1.165, 1.54) is 6.42 Å². The Bertz CT molecular complexity index is 641. The van der Waals surface area contributed by atoms with Gasteiger partial charge in [0.1, 0.15) is 5.60 Å². The van der Waals surface area contributed by atoms with E-state index in [2.05, 4.69) is 16.0 Å². The highest BCUT2D eigenvalue weighted by atomic mass is 35.5. The molecule has 1 aromatic carbocycles. The number of carbonyl (C=O) groups is 2. The number of methoxy groups -OCH3 is 1. The Morgan fingerprint density at radius 1 is 1.07 bits per heavy atom. The van der Waals surface area contributed by atoms with Gasteiger partial charge in [0.15, 0.2) is 0 Å². The molecule has 7 heteroatoms. The topological polar surface area (TPSA) is 79.5 Å². The molecule has 1 aliphatic heterocycles. The molecule has 3 N–H and O–H groups in total. The van der Waals surface area contributed by atoms with Gasteiger partial charge in [0, 0.05) is 24.4 Å². The van der Waals surface area contributed by atoms with Gasteiger partial charge in [-0.25, -0.2) is 0 Å². The quantitative estimate of drug-likeness (QED) is 0.714. The van der Waals surface area contributed by atoms with Crippen LogP contribution < -0.4 is 16.0 Å². The molecule has 1 aliphatic carbocycles. The Balaban J connectivity index is 0.00000261. The van der Waals surface area contributed by atoms with Crippen LogP contribution in [0.5, 0.6) is 0 Å². The van der Waals surface area contributed by atoms with Crippen molar-refractivity contribution in [2.75, 3.05) is 30.8 Å². The van der Waals surface area contributed by atoms with E-state index in [-0.39, 0.29) is 30.1 Å². The number of ether oxygens (including phenoxy) is 1. The first-order valence-corrected chi connectivity index (χ1v) is 9.61. The molecule has 2 fully saturated rings. The van der Waals surface area contributed by atoms with E-state index >= 15 is 0 Å². The van der Waals surface area contributed by atoms with Crippen molar-refractivity contribution in [3.05, 3.63) is 24.3 Å². The lowest BCUT2D eigenvalue weighted by Gasteiger charge is -2.34. The smallest absolute Gasteiger partial charge is 0.256 e. The van der Waals surface area contributed by atoms with Gasteiger partial charge in [0.2, 0.25) is 5.91 Å². The molecule has 0 aromatic heterocycles. The number of carbonyl (C=O) groups excluding carboxylic acids is 2. The third-order valence-electron chi connectivity index (χ3n) is 5.58. The molecule has 0 radical (unpaired) electrons. The molecular formula is C20H30ClN3O3. The Morgan fingerprint density at radius 2 is 1.70 bits per heavy atom. The average molecular weight is 396 g/mol. The van der Waals surface area contributed by atoms with Crippen LogP contribution in [0.15, 0.2) is 24.3 Å². The first-order valence-electron chi connectivity index (χ1n) is 9.61. The van der Waals surface area contributed by atoms with Gasteiger partial charge in [-0.05, 0) is 57.0 Å². The van der Waals surface area contributed by atoms with Crippen LogP contribution in [-0.4, -0.2) is 37.6 Å². The predicted octanol–water partition coefficient (Wildman–Crippen LogP) is 3.33. The van der Waals surface area contributed by atoms with E-state index in [1.54, 1.807) is 7.11 Å². The largest absolute Gasteiger partial charge is 0.368 e. The molecule has 2 aliphatic rings. The van der Waals surface area contributed by atoms with E-state index in [4.69, 9.17) is 4.74 Å². The number of hydrogen-bond acceptors (Lipinski definition) is 4. The van der Waals surface area contributed by atoms with Gasteiger partial charge in [-0.15, -0.1) is 12.4 Å². The minimum Gasteiger partial charge on any atom is -0.368 e. The van der Waals surface area contributed by atoms with Crippen LogP contribution >= 0.6 is 12.4 Å². The third kappa shape index (κ3) is 5.43. The summed E-state index contributed by atoms with van der Waals surface area (Å²) in [5.74, 6) is 0.0608. The third-order valence-corrected chi connectivity index (χ3v) is 5.58. The van der Waals surface area contributed by atoms with Crippen molar-refractivity contribution in [1.29, 1.82) is 0 Å². The number of piperidine rings is 1. The molecule has 1 saturated carbocycles. The molecule has 0 atom stereocenters. The highest BCUT2D eigenvalue weighted by Crippen LogP contribution is 2.27. The maximum absolute atomic E-state index is 12.8. The average Bonchev–Trinajstić information content (AvgIpc) is 2.69. The van der Waals surface area contributed by atoms with Crippen LogP contribution in [-0.2, 0) is 14.3 Å². The second kappa shape index (κ2) is 10.1. The Labute approximate surface area is 167 Å². The van der Waals surface area contributed by atoms with Crippen molar-refractivity contribution in [2.45, 2.75) is 50.5 Å². The van der Waals surface area contributed by atoms with E-state index < -0.39 is 5.60 Å². The summed E-state index contributed by atoms with van der Waals surface area (Å²) in [5.41, 5.74) is 0.605. The van der Waals surface area contributed by atoms with Crippen molar-refractivity contribution in [1.82, 2.24) is 5.32 Å². The number of nitrogens with one attached hydrogen (secondary N) is 3. The second-order valence-corrected chi connectivity index (χ2v) is 7.31. The van der Waals surface area contributed by atoms with E-state index in [0.717, 1.165) is 44.5 Å². The SMILES string of the molecule is COC1(C(=O)Nc2cccc(NC(=O)C3CCCCC3)c2)CCNCC1.Cl. The zero-order chi connectivity index (χ0) is 18.4. The molecule has 0 unspecified atom stereocenters. The standard InChI is InChI=1S/C20H29N3O3.ClH/c1-26-20(10-12-21-13-11-20)19(25)23-17-9-5-8-16(14-17)22-18(24)15-6-3-2-4-7-15;/h5,8-9,14-15,21H,2-4,6-7,10-13H2,1H3,(H,22,24)(H,23,25);1H. The van der Waals surface area contributed by atoms with Gasteiger partial charge in [0.05, 0.1) is 0 Å². The molecule has 1 aromatic rings. The van der Waals surface area contributed by atoms with Gasteiger partial charge in [0.25, 0.3) is 5.91 Å². The van der Waals surface area contributed by atoms with Crippen molar-refractivity contribution in [2.24, 2.45) is 5.92 Å². The molecular weight excluding hydrogens is 366 g/mol. The molecule has 2 amide bonds. The Hall–Kier alpha value is -1.63. The summed E-state index contributed by atoms with van der Waals surface area (Å²) >= 11 is 0. The van der Waals surface area contributed by atoms with Crippen LogP contribution in [0.2, 0.25) is 0 Å². The fourth-order valence-corrected chi connectivity index (χ4v) is 3.88. The number of hydrogen-bond donors (Lipinski definition) is 3. The van der Waals surface area contributed by atoms with E-state index in [1.807, 2.05) is 24.3 Å². The zero-order valence-electron chi connectivity index (χ0n) is 15.9. The zero-order valence-corrected chi connectivity index (χ0v) is 16.7. The summed E-state index contributed by atoms with van der Waals surface area (Å²) in [6.07, 6.45) is 6.70. The maximum Gasteiger partial charge on any atom is 0.256 e. The van der Waals surface area contributed by atoms with Crippen LogP contribution in [0.4, 0.5) is 11.4 Å². The monoisotopic (exact) mass is 395 g/mol. The van der Waals surface area contributed by atoms with Crippen molar-refractivity contribution in [3.8, 4) is 0 Å². The number of halogens is 1. The number of amides is 2. The van der Waals surface area contributed by atoms with Crippen molar-refractivity contribution in [3.63, 3.8) is 0 Å². The van der Waals surface area contributed by atoms with Gasteiger partial charge >= 0.3 is 0 Å². The van der Waals surface area contributed by atoms with Gasteiger partial charge in [-0.1, -0.05) is 25.3 Å². The fraction of sp³-hybridized carbons (Fsp3) is 0.600. The lowest BCUT2D eigenvalue weighted by atomic mass is 9.88. The van der Waals surface area contributed by atoms with E-state index in [9.17, 15) is 9.59 Å². The van der Waals surface area contributed by atoms with Gasteiger partial charge in [-0.3, -0.25) is 9.59 Å². The normalized spacial score (nSPS) is 19.6.